The highest BCUT2D eigenvalue weighted by Gasteiger charge is 2.16. The highest BCUT2D eigenvalue weighted by Crippen LogP contribution is 2.36. The molecular formula is C18H12BrFN2. The minimum atomic E-state index is -0.216. The Morgan fingerprint density at radius 1 is 1.00 bits per heavy atom. The van der Waals surface area contributed by atoms with Crippen LogP contribution in [-0.4, -0.2) is 9.55 Å². The number of fused-ring (bicyclic) bond motifs is 3. The van der Waals surface area contributed by atoms with Crippen molar-refractivity contribution in [3.63, 3.8) is 0 Å². The molecular weight excluding hydrogens is 343 g/mol. The van der Waals surface area contributed by atoms with Crippen molar-refractivity contribution < 1.29 is 4.39 Å². The minimum Gasteiger partial charge on any atom is -0.336 e. The van der Waals surface area contributed by atoms with Crippen LogP contribution in [0, 0.1) is 5.82 Å². The standard InChI is InChI=1S/C18H12BrFN2/c19-18-17-15(14-3-1-2-4-16(14)21-17)9-10-22(18)11-12-5-7-13(20)8-6-12/h1-10H,11H2. The van der Waals surface area contributed by atoms with Crippen molar-refractivity contribution in [2.24, 2.45) is 0 Å². The third-order valence-electron chi connectivity index (χ3n) is 3.82. The Bertz CT molecular complexity index is 928. The summed E-state index contributed by atoms with van der Waals surface area (Å²) in [6.45, 7) is 0.667. The monoisotopic (exact) mass is 354 g/mol. The van der Waals surface area contributed by atoms with E-state index >= 15 is 0 Å². The molecule has 0 aliphatic carbocycles. The van der Waals surface area contributed by atoms with Crippen LogP contribution in [-0.2, 0) is 6.54 Å². The van der Waals surface area contributed by atoms with Crippen molar-refractivity contribution in [1.82, 2.24) is 9.55 Å². The molecule has 0 aromatic heterocycles. The second kappa shape index (κ2) is 5.21. The zero-order valence-corrected chi connectivity index (χ0v) is 13.2. The van der Waals surface area contributed by atoms with Gasteiger partial charge in [0.05, 0.1) is 5.52 Å². The van der Waals surface area contributed by atoms with E-state index in [1.54, 1.807) is 12.1 Å². The molecule has 2 aromatic carbocycles. The van der Waals surface area contributed by atoms with E-state index in [1.165, 1.54) is 12.1 Å². The average Bonchev–Trinajstić information content (AvgIpc) is 2.92. The lowest BCUT2D eigenvalue weighted by molar-refractivity contribution is 0.626. The molecule has 0 bridgehead atoms. The van der Waals surface area contributed by atoms with Crippen molar-refractivity contribution in [2.45, 2.75) is 6.54 Å². The van der Waals surface area contributed by atoms with E-state index in [1.807, 2.05) is 24.4 Å². The lowest BCUT2D eigenvalue weighted by Gasteiger charge is -2.13. The quantitative estimate of drug-likeness (QED) is 0.458. The number of pyridine rings is 1. The van der Waals surface area contributed by atoms with Crippen molar-refractivity contribution in [2.75, 3.05) is 0 Å². The van der Waals surface area contributed by atoms with Crippen LogP contribution in [0.4, 0.5) is 4.39 Å². The molecule has 0 atom stereocenters. The smallest absolute Gasteiger partial charge is 0.123 e. The molecule has 0 saturated heterocycles. The lowest BCUT2D eigenvalue weighted by atomic mass is 10.1. The number of hydrogen-bond acceptors (Lipinski definition) is 1. The number of rotatable bonds is 2. The fraction of sp³-hybridized carbons (Fsp3) is 0.0556. The normalized spacial score (nSPS) is 11.4. The van der Waals surface area contributed by atoms with E-state index < -0.39 is 0 Å². The zero-order chi connectivity index (χ0) is 15.1. The van der Waals surface area contributed by atoms with E-state index in [0.29, 0.717) is 6.54 Å². The van der Waals surface area contributed by atoms with Crippen LogP contribution < -0.4 is 0 Å². The Morgan fingerprint density at radius 3 is 2.59 bits per heavy atom. The largest absolute Gasteiger partial charge is 0.336 e. The van der Waals surface area contributed by atoms with Gasteiger partial charge in [-0.25, -0.2) is 9.37 Å². The van der Waals surface area contributed by atoms with Crippen LogP contribution in [0.1, 0.15) is 5.56 Å². The second-order valence-electron chi connectivity index (χ2n) is 5.25. The maximum Gasteiger partial charge on any atom is 0.123 e. The minimum absolute atomic E-state index is 0.216. The van der Waals surface area contributed by atoms with Gasteiger partial charge in [-0.1, -0.05) is 30.3 Å². The molecule has 0 unspecified atom stereocenters. The molecule has 0 spiro atoms. The van der Waals surface area contributed by atoms with Crippen molar-refractivity contribution in [3.8, 4) is 11.3 Å². The second-order valence-corrected chi connectivity index (χ2v) is 6.00. The van der Waals surface area contributed by atoms with Crippen LogP contribution in [0.2, 0.25) is 0 Å². The summed E-state index contributed by atoms with van der Waals surface area (Å²) in [5.74, 6) is -0.216. The molecule has 2 aliphatic rings. The SMILES string of the molecule is Fc1ccc(Cn2ccc3c4ccccc4nc-3c2Br)cc1. The molecule has 0 amide bonds. The fourth-order valence-corrected chi connectivity index (χ4v) is 3.25. The first-order chi connectivity index (χ1) is 10.7. The molecule has 2 aliphatic heterocycles. The predicted octanol–water partition coefficient (Wildman–Crippen LogP) is 5.09. The van der Waals surface area contributed by atoms with E-state index in [-0.39, 0.29) is 5.82 Å². The van der Waals surface area contributed by atoms with Crippen LogP contribution in [0.15, 0.2) is 65.4 Å². The Balaban J connectivity index is 1.82. The van der Waals surface area contributed by atoms with Gasteiger partial charge in [0.1, 0.15) is 16.1 Å². The number of para-hydroxylation sites is 1. The number of aromatic nitrogens is 2. The third kappa shape index (κ3) is 2.20. The van der Waals surface area contributed by atoms with Crippen molar-refractivity contribution >= 4 is 26.8 Å². The molecule has 22 heavy (non-hydrogen) atoms. The molecule has 0 saturated carbocycles. The van der Waals surface area contributed by atoms with E-state index in [0.717, 1.165) is 32.3 Å². The molecule has 0 radical (unpaired) electrons. The van der Waals surface area contributed by atoms with Gasteiger partial charge in [-0.05, 0) is 45.8 Å². The molecule has 2 aromatic rings. The summed E-state index contributed by atoms with van der Waals surface area (Å²) in [4.78, 5) is 4.70. The van der Waals surface area contributed by atoms with E-state index in [4.69, 9.17) is 4.98 Å². The maximum absolute atomic E-state index is 13.0. The van der Waals surface area contributed by atoms with Crippen LogP contribution in [0.3, 0.4) is 0 Å². The summed E-state index contributed by atoms with van der Waals surface area (Å²) in [6.07, 6.45) is 2.03. The first kappa shape index (κ1) is 13.5. The summed E-state index contributed by atoms with van der Waals surface area (Å²) in [5.41, 5.74) is 4.13. The molecule has 0 fully saturated rings. The lowest BCUT2D eigenvalue weighted by Crippen LogP contribution is -2.03. The van der Waals surface area contributed by atoms with Gasteiger partial charge in [-0.15, -0.1) is 0 Å². The first-order valence-corrected chi connectivity index (χ1v) is 7.79. The summed E-state index contributed by atoms with van der Waals surface area (Å²) in [7, 11) is 0. The first-order valence-electron chi connectivity index (χ1n) is 7.00. The highest BCUT2D eigenvalue weighted by molar-refractivity contribution is 9.10. The van der Waals surface area contributed by atoms with Crippen LogP contribution in [0.25, 0.3) is 22.2 Å². The number of benzene rings is 2. The molecule has 2 nitrogen and oxygen atoms in total. The van der Waals surface area contributed by atoms with E-state index in [9.17, 15) is 4.39 Å². The molecule has 108 valence electrons. The zero-order valence-electron chi connectivity index (χ0n) is 11.6. The predicted molar refractivity (Wildman–Crippen MR) is 89.6 cm³/mol. The average molecular weight is 355 g/mol. The number of halogens is 2. The van der Waals surface area contributed by atoms with Gasteiger partial charge in [0.25, 0.3) is 0 Å². The molecule has 4 heteroatoms. The molecule has 0 N–H and O–H groups in total. The van der Waals surface area contributed by atoms with Gasteiger partial charge in [-0.3, -0.25) is 0 Å². The summed E-state index contributed by atoms with van der Waals surface area (Å²) < 4.78 is 16.0. The van der Waals surface area contributed by atoms with Gasteiger partial charge in [0.15, 0.2) is 0 Å². The fourth-order valence-electron chi connectivity index (χ4n) is 2.71. The Labute approximate surface area is 135 Å². The van der Waals surface area contributed by atoms with Crippen molar-refractivity contribution in [1.29, 1.82) is 0 Å². The van der Waals surface area contributed by atoms with Crippen LogP contribution in [0.5, 0.6) is 0 Å². The third-order valence-corrected chi connectivity index (χ3v) is 4.65. The Hall–Kier alpha value is -2.20. The van der Waals surface area contributed by atoms with Gasteiger partial charge in [-0.2, -0.15) is 0 Å². The Morgan fingerprint density at radius 2 is 1.77 bits per heavy atom. The summed E-state index contributed by atoms with van der Waals surface area (Å²) in [5, 5.41) is 1.16. The number of nitrogens with zero attached hydrogens (tertiary/aromatic N) is 2. The van der Waals surface area contributed by atoms with Gasteiger partial charge < -0.3 is 4.57 Å². The van der Waals surface area contributed by atoms with Crippen molar-refractivity contribution in [3.05, 3.63) is 76.8 Å². The van der Waals surface area contributed by atoms with E-state index in [2.05, 4.69) is 32.6 Å². The summed E-state index contributed by atoms with van der Waals surface area (Å²) >= 11 is 3.66. The summed E-state index contributed by atoms with van der Waals surface area (Å²) in [6, 6.07) is 16.8. The van der Waals surface area contributed by atoms with Crippen LogP contribution >= 0.6 is 15.9 Å². The van der Waals surface area contributed by atoms with Gasteiger partial charge in [0.2, 0.25) is 0 Å². The van der Waals surface area contributed by atoms with Gasteiger partial charge >= 0.3 is 0 Å². The Kier molecular flexibility index (Phi) is 3.19. The van der Waals surface area contributed by atoms with Gasteiger partial charge in [0, 0.05) is 23.7 Å². The number of hydrogen-bond donors (Lipinski definition) is 0. The molecule has 4 rings (SSSR count). The topological polar surface area (TPSA) is 17.8 Å². The highest BCUT2D eigenvalue weighted by atomic mass is 79.9. The maximum atomic E-state index is 13.0. The molecule has 2 heterocycles.